The smallest absolute Gasteiger partial charge is 0.411 e. The standard InChI is InChI=1S/C14H25NO4/c1-5-6-7-10-8-9-15(11(10)12(16)17)13(18)19-14(2,3)4/h10-11H,5-9H2,1-4H3,(H,16,17)/t10-,11+/m1/s1. The minimum atomic E-state index is -0.926. The van der Waals surface area contributed by atoms with E-state index in [1.165, 1.54) is 4.90 Å². The van der Waals surface area contributed by atoms with Crippen LogP contribution < -0.4 is 0 Å². The van der Waals surface area contributed by atoms with Gasteiger partial charge in [-0.15, -0.1) is 0 Å². The van der Waals surface area contributed by atoms with Crippen LogP contribution in [0.25, 0.3) is 0 Å². The van der Waals surface area contributed by atoms with Crippen LogP contribution in [0.3, 0.4) is 0 Å². The minimum absolute atomic E-state index is 0.0463. The van der Waals surface area contributed by atoms with Gasteiger partial charge in [-0.1, -0.05) is 19.8 Å². The first-order valence-electron chi connectivity index (χ1n) is 6.98. The van der Waals surface area contributed by atoms with Crippen molar-refractivity contribution in [3.05, 3.63) is 0 Å². The number of likely N-dealkylation sites (tertiary alicyclic amines) is 1. The molecule has 0 aromatic carbocycles. The molecule has 0 unspecified atom stereocenters. The summed E-state index contributed by atoms with van der Waals surface area (Å²) in [4.78, 5) is 24.8. The molecule has 0 spiro atoms. The second-order valence-electron chi connectivity index (χ2n) is 6.15. The number of aliphatic carboxylic acids is 1. The second-order valence-corrected chi connectivity index (χ2v) is 6.15. The Kier molecular flexibility index (Phi) is 5.20. The summed E-state index contributed by atoms with van der Waals surface area (Å²) in [5, 5.41) is 9.35. The molecule has 5 nitrogen and oxygen atoms in total. The summed E-state index contributed by atoms with van der Waals surface area (Å²) >= 11 is 0. The number of carbonyl (C=O) groups excluding carboxylic acids is 1. The van der Waals surface area contributed by atoms with Crippen LogP contribution in [0, 0.1) is 5.92 Å². The van der Waals surface area contributed by atoms with E-state index in [0.717, 1.165) is 25.7 Å². The zero-order valence-electron chi connectivity index (χ0n) is 12.3. The van der Waals surface area contributed by atoms with Crippen molar-refractivity contribution in [2.24, 2.45) is 5.92 Å². The lowest BCUT2D eigenvalue weighted by Crippen LogP contribution is -2.45. The highest BCUT2D eigenvalue weighted by Gasteiger charge is 2.42. The molecule has 0 saturated carbocycles. The fourth-order valence-electron chi connectivity index (χ4n) is 2.49. The van der Waals surface area contributed by atoms with Gasteiger partial charge < -0.3 is 9.84 Å². The third-order valence-electron chi connectivity index (χ3n) is 3.33. The summed E-state index contributed by atoms with van der Waals surface area (Å²) in [7, 11) is 0. The monoisotopic (exact) mass is 271 g/mol. The van der Waals surface area contributed by atoms with Crippen LogP contribution >= 0.6 is 0 Å². The van der Waals surface area contributed by atoms with Gasteiger partial charge in [-0.25, -0.2) is 9.59 Å². The Morgan fingerprint density at radius 2 is 2.00 bits per heavy atom. The van der Waals surface area contributed by atoms with Gasteiger partial charge in [0.1, 0.15) is 11.6 Å². The Morgan fingerprint density at radius 1 is 1.37 bits per heavy atom. The van der Waals surface area contributed by atoms with Crippen LogP contribution in [-0.4, -0.2) is 40.3 Å². The predicted molar refractivity (Wildman–Crippen MR) is 72.0 cm³/mol. The Bertz CT molecular complexity index is 335. The molecular formula is C14H25NO4. The van der Waals surface area contributed by atoms with E-state index in [1.54, 1.807) is 20.8 Å². The van der Waals surface area contributed by atoms with Gasteiger partial charge in [0.05, 0.1) is 0 Å². The fraction of sp³-hybridized carbons (Fsp3) is 0.857. The number of carbonyl (C=O) groups is 2. The SMILES string of the molecule is CCCC[C@@H]1CCN(C(=O)OC(C)(C)C)[C@@H]1C(=O)O. The summed E-state index contributed by atoms with van der Waals surface area (Å²) in [5.41, 5.74) is -0.596. The van der Waals surface area contributed by atoms with Gasteiger partial charge in [-0.2, -0.15) is 0 Å². The van der Waals surface area contributed by atoms with Gasteiger partial charge in [0.25, 0.3) is 0 Å². The lowest BCUT2D eigenvalue weighted by molar-refractivity contribution is -0.143. The van der Waals surface area contributed by atoms with Crippen molar-refractivity contribution in [2.45, 2.75) is 65.0 Å². The maximum Gasteiger partial charge on any atom is 0.411 e. The molecule has 0 aromatic heterocycles. The third kappa shape index (κ3) is 4.40. The number of amides is 1. The lowest BCUT2D eigenvalue weighted by atomic mass is 9.94. The van der Waals surface area contributed by atoms with E-state index in [-0.39, 0.29) is 5.92 Å². The molecule has 0 aliphatic carbocycles. The van der Waals surface area contributed by atoms with Gasteiger partial charge in [-0.05, 0) is 39.5 Å². The van der Waals surface area contributed by atoms with E-state index < -0.39 is 23.7 Å². The van der Waals surface area contributed by atoms with E-state index in [0.29, 0.717) is 6.54 Å². The molecular weight excluding hydrogens is 246 g/mol. The fourth-order valence-corrected chi connectivity index (χ4v) is 2.49. The zero-order chi connectivity index (χ0) is 14.6. The first-order valence-corrected chi connectivity index (χ1v) is 6.98. The van der Waals surface area contributed by atoms with Crippen molar-refractivity contribution < 1.29 is 19.4 Å². The maximum atomic E-state index is 12.0. The van der Waals surface area contributed by atoms with Crippen LogP contribution in [-0.2, 0) is 9.53 Å². The van der Waals surface area contributed by atoms with Crippen molar-refractivity contribution in [2.75, 3.05) is 6.54 Å². The quantitative estimate of drug-likeness (QED) is 0.853. The van der Waals surface area contributed by atoms with Crippen molar-refractivity contribution >= 4 is 12.1 Å². The highest BCUT2D eigenvalue weighted by Crippen LogP contribution is 2.30. The number of nitrogens with zero attached hydrogens (tertiary/aromatic N) is 1. The van der Waals surface area contributed by atoms with Crippen LogP contribution in [0.1, 0.15) is 53.4 Å². The molecule has 0 aromatic rings. The molecule has 1 amide bonds. The van der Waals surface area contributed by atoms with Gasteiger partial charge in [0, 0.05) is 6.54 Å². The Morgan fingerprint density at radius 3 is 2.47 bits per heavy atom. The van der Waals surface area contributed by atoms with Crippen molar-refractivity contribution in [1.29, 1.82) is 0 Å². The van der Waals surface area contributed by atoms with Gasteiger partial charge in [0.15, 0.2) is 0 Å². The summed E-state index contributed by atoms with van der Waals surface area (Å²) in [6, 6.07) is -0.735. The topological polar surface area (TPSA) is 66.8 Å². The molecule has 19 heavy (non-hydrogen) atoms. The number of hydrogen-bond donors (Lipinski definition) is 1. The average Bonchev–Trinajstić information content (AvgIpc) is 2.67. The molecule has 1 aliphatic rings. The summed E-state index contributed by atoms with van der Waals surface area (Å²) in [6.45, 7) is 7.90. The number of ether oxygens (including phenoxy) is 1. The van der Waals surface area contributed by atoms with Crippen LogP contribution in [0.15, 0.2) is 0 Å². The molecule has 1 saturated heterocycles. The minimum Gasteiger partial charge on any atom is -0.480 e. The summed E-state index contributed by atoms with van der Waals surface area (Å²) in [6.07, 6.45) is 3.12. The van der Waals surface area contributed by atoms with E-state index in [1.807, 2.05) is 0 Å². The van der Waals surface area contributed by atoms with Crippen LogP contribution in [0.2, 0.25) is 0 Å². The maximum absolute atomic E-state index is 12.0. The summed E-state index contributed by atoms with van der Waals surface area (Å²) < 4.78 is 5.28. The number of carboxylic acid groups (broad SMARTS) is 1. The summed E-state index contributed by atoms with van der Waals surface area (Å²) in [5.74, 6) is -0.880. The molecule has 0 bridgehead atoms. The molecule has 110 valence electrons. The Labute approximate surface area is 114 Å². The third-order valence-corrected chi connectivity index (χ3v) is 3.33. The number of unbranched alkanes of at least 4 members (excludes halogenated alkanes) is 1. The molecule has 0 radical (unpaired) electrons. The van der Waals surface area contributed by atoms with Crippen LogP contribution in [0.5, 0.6) is 0 Å². The molecule has 1 rings (SSSR count). The van der Waals surface area contributed by atoms with Crippen molar-refractivity contribution in [1.82, 2.24) is 4.90 Å². The number of carboxylic acids is 1. The first kappa shape index (κ1) is 15.8. The zero-order valence-corrected chi connectivity index (χ0v) is 12.3. The number of rotatable bonds is 4. The highest BCUT2D eigenvalue weighted by molar-refractivity contribution is 5.81. The molecule has 5 heteroatoms. The largest absolute Gasteiger partial charge is 0.480 e. The normalized spacial score (nSPS) is 23.5. The van der Waals surface area contributed by atoms with E-state index >= 15 is 0 Å². The molecule has 1 heterocycles. The Hall–Kier alpha value is -1.26. The average molecular weight is 271 g/mol. The number of hydrogen-bond acceptors (Lipinski definition) is 3. The molecule has 2 atom stereocenters. The van der Waals surface area contributed by atoms with Crippen molar-refractivity contribution in [3.63, 3.8) is 0 Å². The predicted octanol–water partition coefficient (Wildman–Crippen LogP) is 2.89. The molecule has 1 aliphatic heterocycles. The van der Waals surface area contributed by atoms with E-state index in [2.05, 4.69) is 6.92 Å². The van der Waals surface area contributed by atoms with Gasteiger partial charge in [0.2, 0.25) is 0 Å². The van der Waals surface area contributed by atoms with E-state index in [4.69, 9.17) is 4.74 Å². The molecule has 1 fully saturated rings. The second kappa shape index (κ2) is 6.26. The van der Waals surface area contributed by atoms with Crippen molar-refractivity contribution in [3.8, 4) is 0 Å². The van der Waals surface area contributed by atoms with E-state index in [9.17, 15) is 14.7 Å². The highest BCUT2D eigenvalue weighted by atomic mass is 16.6. The van der Waals surface area contributed by atoms with Gasteiger partial charge >= 0.3 is 12.1 Å². The van der Waals surface area contributed by atoms with Crippen LogP contribution in [0.4, 0.5) is 4.79 Å². The molecule has 1 N–H and O–H groups in total. The first-order chi connectivity index (χ1) is 8.76. The Balaban J connectivity index is 2.73. The lowest BCUT2D eigenvalue weighted by Gasteiger charge is -2.28. The van der Waals surface area contributed by atoms with Gasteiger partial charge in [-0.3, -0.25) is 4.90 Å².